The van der Waals surface area contributed by atoms with Crippen molar-refractivity contribution < 1.29 is 14.6 Å². The van der Waals surface area contributed by atoms with Gasteiger partial charge in [0.15, 0.2) is 22.4 Å². The Morgan fingerprint density at radius 1 is 1.43 bits per heavy atom. The Morgan fingerprint density at radius 3 is 2.96 bits per heavy atom. The highest BCUT2D eigenvalue weighted by Gasteiger charge is 2.33. The molecule has 0 amide bonds. The van der Waals surface area contributed by atoms with Gasteiger partial charge in [0.25, 0.3) is 0 Å². The van der Waals surface area contributed by atoms with Crippen molar-refractivity contribution in [1.82, 2.24) is 10.6 Å². The maximum atomic E-state index is 12.4. The summed E-state index contributed by atoms with van der Waals surface area (Å²) in [6.45, 7) is 2.29. The minimum atomic E-state index is -0.331. The fourth-order valence-electron chi connectivity index (χ4n) is 2.98. The number of rotatable bonds is 3. The lowest BCUT2D eigenvalue weighted by molar-refractivity contribution is -0.116. The second-order valence-electron chi connectivity index (χ2n) is 5.48. The Balaban J connectivity index is 2.09. The minimum Gasteiger partial charge on any atom is -0.503 e. The van der Waals surface area contributed by atoms with E-state index >= 15 is 0 Å². The molecule has 1 unspecified atom stereocenters. The molecule has 23 heavy (non-hydrogen) atoms. The van der Waals surface area contributed by atoms with Crippen molar-refractivity contribution in [3.8, 4) is 11.5 Å². The molecule has 3 N–H and O–H groups in total. The number of hydrogen-bond acceptors (Lipinski definition) is 4. The quantitative estimate of drug-likeness (QED) is 0.682. The maximum absolute atomic E-state index is 12.4. The highest BCUT2D eigenvalue weighted by molar-refractivity contribution is 9.10. The van der Waals surface area contributed by atoms with E-state index in [9.17, 15) is 9.90 Å². The Kier molecular flexibility index (Phi) is 4.59. The number of allylic oxidation sites excluding steroid dienone is 1. The van der Waals surface area contributed by atoms with E-state index in [1.54, 1.807) is 12.1 Å². The number of carbonyl (C=O) groups excluding carboxylic acids is 1. The summed E-state index contributed by atoms with van der Waals surface area (Å²) in [5.74, 6) is 0.561. The van der Waals surface area contributed by atoms with Gasteiger partial charge in [-0.05, 0) is 65.6 Å². The van der Waals surface area contributed by atoms with Crippen molar-refractivity contribution in [3.63, 3.8) is 0 Å². The zero-order valence-corrected chi connectivity index (χ0v) is 15.0. The topological polar surface area (TPSA) is 70.6 Å². The number of ketones is 1. The molecule has 0 fully saturated rings. The van der Waals surface area contributed by atoms with Crippen LogP contribution in [0.4, 0.5) is 0 Å². The number of carbonyl (C=O) groups is 1. The third kappa shape index (κ3) is 3.07. The van der Waals surface area contributed by atoms with Crippen LogP contribution in [0, 0.1) is 0 Å². The summed E-state index contributed by atoms with van der Waals surface area (Å²) >= 11 is 8.62. The van der Waals surface area contributed by atoms with Crippen LogP contribution in [0.1, 0.15) is 37.8 Å². The second-order valence-corrected chi connectivity index (χ2v) is 6.75. The van der Waals surface area contributed by atoms with Gasteiger partial charge in [-0.15, -0.1) is 0 Å². The lowest BCUT2D eigenvalue weighted by Crippen LogP contribution is -2.46. The number of halogens is 1. The van der Waals surface area contributed by atoms with Gasteiger partial charge in [-0.2, -0.15) is 0 Å². The van der Waals surface area contributed by atoms with E-state index in [1.807, 2.05) is 6.92 Å². The Bertz CT molecular complexity index is 718. The summed E-state index contributed by atoms with van der Waals surface area (Å²) in [6, 6.07) is 3.21. The van der Waals surface area contributed by atoms with Crippen molar-refractivity contribution in [2.75, 3.05) is 6.61 Å². The van der Waals surface area contributed by atoms with Crippen molar-refractivity contribution in [1.29, 1.82) is 0 Å². The normalized spacial score (nSPS) is 20.7. The molecule has 122 valence electrons. The smallest absolute Gasteiger partial charge is 0.172 e. The number of phenolic OH excluding ortho intramolecular Hbond substituents is 1. The fourth-order valence-corrected chi connectivity index (χ4v) is 3.68. The number of Topliss-reactive ketones (excluding diaryl/α,β-unsaturated/α-hetero) is 1. The van der Waals surface area contributed by atoms with Crippen molar-refractivity contribution in [3.05, 3.63) is 33.4 Å². The molecule has 7 heteroatoms. The average Bonchev–Trinajstić information content (AvgIpc) is 2.51. The van der Waals surface area contributed by atoms with Gasteiger partial charge >= 0.3 is 0 Å². The van der Waals surface area contributed by atoms with E-state index in [0.29, 0.717) is 28.4 Å². The molecule has 0 spiro atoms. The summed E-state index contributed by atoms with van der Waals surface area (Å²) in [5, 5.41) is 16.8. The van der Waals surface area contributed by atoms with E-state index in [-0.39, 0.29) is 17.6 Å². The first-order valence-electron chi connectivity index (χ1n) is 7.50. The molecule has 1 aliphatic carbocycles. The number of nitrogens with one attached hydrogen (secondary N) is 2. The molecule has 1 atom stereocenters. The molecule has 0 saturated carbocycles. The molecule has 1 aromatic carbocycles. The van der Waals surface area contributed by atoms with Gasteiger partial charge in [-0.3, -0.25) is 4.79 Å². The van der Waals surface area contributed by atoms with E-state index in [4.69, 9.17) is 17.0 Å². The zero-order valence-electron chi connectivity index (χ0n) is 12.6. The van der Waals surface area contributed by atoms with E-state index < -0.39 is 0 Å². The second kappa shape index (κ2) is 6.49. The zero-order chi connectivity index (χ0) is 16.6. The predicted molar refractivity (Wildman–Crippen MR) is 94.5 cm³/mol. The molecule has 0 radical (unpaired) electrons. The van der Waals surface area contributed by atoms with Crippen LogP contribution in [-0.4, -0.2) is 22.6 Å². The molecular formula is C16H17BrN2O3S. The highest BCUT2D eigenvalue weighted by atomic mass is 79.9. The van der Waals surface area contributed by atoms with E-state index in [1.165, 1.54) is 0 Å². The highest BCUT2D eigenvalue weighted by Crippen LogP contribution is 2.40. The Hall–Kier alpha value is -1.60. The van der Waals surface area contributed by atoms with E-state index in [0.717, 1.165) is 29.7 Å². The van der Waals surface area contributed by atoms with Crippen LogP contribution >= 0.6 is 28.1 Å². The number of thiocarbonyl (C=S) groups is 1. The van der Waals surface area contributed by atoms with Crippen LogP contribution in [-0.2, 0) is 4.79 Å². The number of benzene rings is 1. The summed E-state index contributed by atoms with van der Waals surface area (Å²) < 4.78 is 6.00. The molecule has 1 heterocycles. The van der Waals surface area contributed by atoms with Gasteiger partial charge in [0, 0.05) is 17.7 Å². The molecule has 5 nitrogen and oxygen atoms in total. The predicted octanol–water partition coefficient (Wildman–Crippen LogP) is 3.08. The summed E-state index contributed by atoms with van der Waals surface area (Å²) in [7, 11) is 0. The average molecular weight is 397 g/mol. The Morgan fingerprint density at radius 2 is 2.22 bits per heavy atom. The van der Waals surface area contributed by atoms with E-state index in [2.05, 4.69) is 26.6 Å². The van der Waals surface area contributed by atoms with Gasteiger partial charge in [-0.25, -0.2) is 0 Å². The molecule has 0 aromatic heterocycles. The number of hydrogen-bond donors (Lipinski definition) is 3. The Labute approximate surface area is 148 Å². The SMILES string of the molecule is CCOc1cc(C2NC(=S)NC3=C2C(=O)CCC3)cc(Br)c1O. The molecule has 1 aliphatic heterocycles. The van der Waals surface area contributed by atoms with Gasteiger partial charge in [0.2, 0.25) is 0 Å². The first-order valence-corrected chi connectivity index (χ1v) is 8.70. The molecule has 3 rings (SSSR count). The third-order valence-electron chi connectivity index (χ3n) is 3.97. The largest absolute Gasteiger partial charge is 0.503 e. The number of aromatic hydroxyl groups is 1. The third-order valence-corrected chi connectivity index (χ3v) is 4.79. The van der Waals surface area contributed by atoms with Gasteiger partial charge < -0.3 is 20.5 Å². The van der Waals surface area contributed by atoms with Gasteiger partial charge in [-0.1, -0.05) is 0 Å². The lowest BCUT2D eigenvalue weighted by atomic mass is 9.85. The fraction of sp³-hybridized carbons (Fsp3) is 0.375. The van der Waals surface area contributed by atoms with Gasteiger partial charge in [0.1, 0.15) is 0 Å². The summed E-state index contributed by atoms with van der Waals surface area (Å²) in [4.78, 5) is 12.4. The summed E-state index contributed by atoms with van der Waals surface area (Å²) in [6.07, 6.45) is 2.20. The minimum absolute atomic E-state index is 0.0521. The van der Waals surface area contributed by atoms with Crippen molar-refractivity contribution in [2.45, 2.75) is 32.2 Å². The number of phenols is 1. The molecular weight excluding hydrogens is 380 g/mol. The van der Waals surface area contributed by atoms with Crippen molar-refractivity contribution >= 4 is 39.0 Å². The molecule has 0 saturated heterocycles. The molecule has 2 aliphatic rings. The molecule has 0 bridgehead atoms. The van der Waals surface area contributed by atoms with Gasteiger partial charge in [0.05, 0.1) is 17.1 Å². The van der Waals surface area contributed by atoms with Crippen LogP contribution in [0.2, 0.25) is 0 Å². The summed E-state index contributed by atoms with van der Waals surface area (Å²) in [5.41, 5.74) is 2.45. The monoisotopic (exact) mass is 396 g/mol. The first kappa shape index (κ1) is 16.3. The van der Waals surface area contributed by atoms with Crippen LogP contribution in [0.25, 0.3) is 0 Å². The van der Waals surface area contributed by atoms with Crippen LogP contribution < -0.4 is 15.4 Å². The van der Waals surface area contributed by atoms with Crippen LogP contribution in [0.3, 0.4) is 0 Å². The van der Waals surface area contributed by atoms with Crippen LogP contribution in [0.5, 0.6) is 11.5 Å². The standard InChI is InChI=1S/C16H17BrN2O3S/c1-2-22-12-7-8(6-9(17)15(12)21)14-13-10(18-16(23)19-14)4-3-5-11(13)20/h6-7,14,21H,2-5H2,1H3,(H2,18,19,23). The first-order chi connectivity index (χ1) is 11.0. The lowest BCUT2D eigenvalue weighted by Gasteiger charge is -2.34. The van der Waals surface area contributed by atoms with Crippen molar-refractivity contribution in [2.24, 2.45) is 0 Å². The maximum Gasteiger partial charge on any atom is 0.172 e. The van der Waals surface area contributed by atoms with Crippen LogP contribution in [0.15, 0.2) is 27.9 Å². The molecule has 1 aromatic rings. The number of ether oxygens (including phenoxy) is 1.